The van der Waals surface area contributed by atoms with Crippen molar-refractivity contribution in [2.24, 2.45) is 10.1 Å². The van der Waals surface area contributed by atoms with Gasteiger partial charge < -0.3 is 0 Å². The van der Waals surface area contributed by atoms with E-state index >= 15 is 0 Å². The number of aromatic nitrogens is 1. The molecule has 3 aromatic carbocycles. The van der Waals surface area contributed by atoms with E-state index in [0.717, 1.165) is 22.2 Å². The highest BCUT2D eigenvalue weighted by molar-refractivity contribution is 6.33. The minimum Gasteiger partial charge on any atom is -0.260 e. The normalized spacial score (nSPS) is 11.9. The number of rotatable bonds is 4. The maximum Gasteiger partial charge on any atom is 0.173 e. The topological polar surface area (TPSA) is 49.6 Å². The Morgan fingerprint density at radius 2 is 1.66 bits per heavy atom. The van der Waals surface area contributed by atoms with Gasteiger partial charge in [0.05, 0.1) is 17.4 Å². The zero-order valence-electron chi connectivity index (χ0n) is 15.9. The Morgan fingerprint density at radius 3 is 2.48 bits per heavy atom. The lowest BCUT2D eigenvalue weighted by atomic mass is 10.2. The highest BCUT2D eigenvalue weighted by atomic mass is 35.5. The van der Waals surface area contributed by atoms with Gasteiger partial charge >= 0.3 is 0 Å². The van der Waals surface area contributed by atoms with Crippen LogP contribution in [0.25, 0.3) is 10.9 Å². The second-order valence-corrected chi connectivity index (χ2v) is 6.98. The lowest BCUT2D eigenvalue weighted by Gasteiger charge is -2.07. The Bertz CT molecular complexity index is 1200. The van der Waals surface area contributed by atoms with Gasteiger partial charge in [-0.05, 0) is 37.3 Å². The van der Waals surface area contributed by atoms with Gasteiger partial charge in [-0.1, -0.05) is 71.8 Å². The van der Waals surface area contributed by atoms with E-state index in [1.165, 1.54) is 5.56 Å². The number of aliphatic imine (C=N–C) groups is 1. The molecule has 1 N–H and O–H groups in total. The van der Waals surface area contributed by atoms with Crippen LogP contribution in [0.15, 0.2) is 95.0 Å². The summed E-state index contributed by atoms with van der Waals surface area (Å²) in [6, 6.07) is 27.5. The molecule has 0 aliphatic rings. The monoisotopic (exact) mass is 398 g/mol. The second-order valence-electron chi connectivity index (χ2n) is 6.58. The molecule has 0 radical (unpaired) electrons. The molecule has 1 heterocycles. The van der Waals surface area contributed by atoms with Crippen LogP contribution in [0.1, 0.15) is 16.8 Å². The van der Waals surface area contributed by atoms with Gasteiger partial charge in [-0.3, -0.25) is 5.43 Å². The molecule has 4 rings (SSSR count). The third kappa shape index (κ3) is 4.68. The fourth-order valence-electron chi connectivity index (χ4n) is 2.83. The van der Waals surface area contributed by atoms with Crippen molar-refractivity contribution in [3.05, 3.63) is 107 Å². The van der Waals surface area contributed by atoms with Gasteiger partial charge in [0.15, 0.2) is 5.84 Å². The molecule has 0 amide bonds. The van der Waals surface area contributed by atoms with E-state index < -0.39 is 0 Å². The van der Waals surface area contributed by atoms with Gasteiger partial charge in [-0.2, -0.15) is 5.10 Å². The molecule has 142 valence electrons. The van der Waals surface area contributed by atoms with Crippen molar-refractivity contribution < 1.29 is 0 Å². The summed E-state index contributed by atoms with van der Waals surface area (Å²) in [7, 11) is 0. The predicted molar refractivity (Wildman–Crippen MR) is 121 cm³/mol. The smallest absolute Gasteiger partial charge is 0.173 e. The van der Waals surface area contributed by atoms with E-state index in [-0.39, 0.29) is 0 Å². The van der Waals surface area contributed by atoms with Gasteiger partial charge in [0.25, 0.3) is 0 Å². The maximum atomic E-state index is 6.20. The lowest BCUT2D eigenvalue weighted by Crippen LogP contribution is -2.20. The third-order valence-electron chi connectivity index (χ3n) is 4.40. The average Bonchev–Trinajstić information content (AvgIpc) is 2.75. The second kappa shape index (κ2) is 8.67. The number of benzene rings is 3. The molecule has 0 unspecified atom stereocenters. The van der Waals surface area contributed by atoms with Gasteiger partial charge in [0, 0.05) is 16.0 Å². The summed E-state index contributed by atoms with van der Waals surface area (Å²) in [5.41, 5.74) is 7.47. The highest BCUT2D eigenvalue weighted by Gasteiger charge is 2.07. The first kappa shape index (κ1) is 18.8. The van der Waals surface area contributed by atoms with E-state index in [1.807, 2.05) is 91.9 Å². The molecule has 4 aromatic rings. The Labute approximate surface area is 174 Å². The molecule has 0 aliphatic heterocycles. The minimum absolute atomic E-state index is 0.558. The Balaban J connectivity index is 1.70. The SMILES string of the molecule is Cc1ccc(N=C(N/N=C/c2ccccc2Cl)c2ccc3ccccc3n2)cc1. The van der Waals surface area contributed by atoms with Crippen molar-refractivity contribution in [3.63, 3.8) is 0 Å². The number of hydrogen-bond donors (Lipinski definition) is 1. The average molecular weight is 399 g/mol. The summed E-state index contributed by atoms with van der Waals surface area (Å²) >= 11 is 6.20. The van der Waals surface area contributed by atoms with Crippen molar-refractivity contribution in [1.82, 2.24) is 10.4 Å². The van der Waals surface area contributed by atoms with Crippen LogP contribution in [0, 0.1) is 6.92 Å². The number of pyridine rings is 1. The van der Waals surface area contributed by atoms with Crippen LogP contribution >= 0.6 is 11.6 Å². The van der Waals surface area contributed by atoms with Gasteiger partial charge in [0.1, 0.15) is 5.69 Å². The number of hydrazone groups is 1. The Morgan fingerprint density at radius 1 is 0.897 bits per heavy atom. The molecule has 0 aliphatic carbocycles. The van der Waals surface area contributed by atoms with Gasteiger partial charge in [-0.25, -0.2) is 9.98 Å². The molecule has 4 nitrogen and oxygen atoms in total. The van der Waals surface area contributed by atoms with Gasteiger partial charge in [-0.15, -0.1) is 0 Å². The number of amidine groups is 1. The van der Waals surface area contributed by atoms with E-state index in [0.29, 0.717) is 16.6 Å². The number of halogens is 1. The molecule has 0 spiro atoms. The van der Waals surface area contributed by atoms with Crippen LogP contribution in [-0.4, -0.2) is 17.0 Å². The van der Waals surface area contributed by atoms with E-state index in [4.69, 9.17) is 21.6 Å². The zero-order valence-corrected chi connectivity index (χ0v) is 16.6. The van der Waals surface area contributed by atoms with E-state index in [2.05, 4.69) is 10.5 Å². The first-order valence-electron chi connectivity index (χ1n) is 9.24. The van der Waals surface area contributed by atoms with Gasteiger partial charge in [0.2, 0.25) is 0 Å². The van der Waals surface area contributed by atoms with Crippen LogP contribution in [0.5, 0.6) is 0 Å². The van der Waals surface area contributed by atoms with Crippen LogP contribution in [0.2, 0.25) is 5.02 Å². The summed E-state index contributed by atoms with van der Waals surface area (Å²) in [6.07, 6.45) is 1.67. The summed E-state index contributed by atoms with van der Waals surface area (Å²) < 4.78 is 0. The predicted octanol–water partition coefficient (Wildman–Crippen LogP) is 5.90. The van der Waals surface area contributed by atoms with E-state index in [1.54, 1.807) is 6.21 Å². The summed E-state index contributed by atoms with van der Waals surface area (Å²) in [5.74, 6) is 0.558. The fourth-order valence-corrected chi connectivity index (χ4v) is 3.01. The quantitative estimate of drug-likeness (QED) is 0.264. The van der Waals surface area contributed by atoms with Crippen LogP contribution in [-0.2, 0) is 0 Å². The third-order valence-corrected chi connectivity index (χ3v) is 4.74. The first-order chi connectivity index (χ1) is 14.2. The Kier molecular flexibility index (Phi) is 5.63. The van der Waals surface area contributed by atoms with Crippen molar-refractivity contribution in [1.29, 1.82) is 0 Å². The number of para-hydroxylation sites is 1. The van der Waals surface area contributed by atoms with Crippen LogP contribution < -0.4 is 5.43 Å². The number of nitrogens with zero attached hydrogens (tertiary/aromatic N) is 3. The maximum absolute atomic E-state index is 6.20. The summed E-state index contributed by atoms with van der Waals surface area (Å²) in [6.45, 7) is 2.05. The summed E-state index contributed by atoms with van der Waals surface area (Å²) in [5, 5.41) is 6.06. The van der Waals surface area contributed by atoms with Crippen molar-refractivity contribution in [2.45, 2.75) is 6.92 Å². The number of nitrogens with one attached hydrogen (secondary N) is 1. The first-order valence-corrected chi connectivity index (χ1v) is 9.62. The fraction of sp³-hybridized carbons (Fsp3) is 0.0417. The number of hydrogen-bond acceptors (Lipinski definition) is 3. The molecule has 5 heteroatoms. The summed E-state index contributed by atoms with van der Waals surface area (Å²) in [4.78, 5) is 9.47. The number of fused-ring (bicyclic) bond motifs is 1. The molecular formula is C24H19ClN4. The minimum atomic E-state index is 0.558. The van der Waals surface area contributed by atoms with Crippen molar-refractivity contribution in [3.8, 4) is 0 Å². The van der Waals surface area contributed by atoms with Crippen LogP contribution in [0.4, 0.5) is 5.69 Å². The zero-order chi connectivity index (χ0) is 20.1. The van der Waals surface area contributed by atoms with Crippen molar-refractivity contribution in [2.75, 3.05) is 0 Å². The molecule has 0 fully saturated rings. The standard InChI is InChI=1S/C24H19ClN4/c1-17-10-13-20(14-11-17)27-24(29-26-16-19-7-2-4-8-21(19)25)23-15-12-18-6-3-5-9-22(18)28-23/h2-16H,1H3,(H,27,29)/b26-16+. The van der Waals surface area contributed by atoms with Crippen molar-refractivity contribution >= 4 is 40.2 Å². The molecule has 29 heavy (non-hydrogen) atoms. The molecule has 0 saturated carbocycles. The van der Waals surface area contributed by atoms with E-state index in [9.17, 15) is 0 Å². The van der Waals surface area contributed by atoms with Crippen LogP contribution in [0.3, 0.4) is 0 Å². The molecule has 1 aromatic heterocycles. The molecule has 0 saturated heterocycles. The Hall–Kier alpha value is -3.50. The molecular weight excluding hydrogens is 380 g/mol. The highest BCUT2D eigenvalue weighted by Crippen LogP contribution is 2.17. The lowest BCUT2D eigenvalue weighted by molar-refractivity contribution is 1.02. The number of aryl methyl sites for hydroxylation is 1. The molecule has 0 atom stereocenters. The largest absolute Gasteiger partial charge is 0.260 e. The molecule has 0 bridgehead atoms.